The van der Waals surface area contributed by atoms with Crippen LogP contribution in [0.1, 0.15) is 0 Å². The molecule has 1 aromatic carbocycles. The third-order valence-electron chi connectivity index (χ3n) is 2.10. The van der Waals surface area contributed by atoms with Crippen LogP contribution < -0.4 is 19.9 Å². The van der Waals surface area contributed by atoms with Gasteiger partial charge in [-0.3, -0.25) is 4.79 Å². The first-order valence-corrected chi connectivity index (χ1v) is 6.39. The van der Waals surface area contributed by atoms with Crippen molar-refractivity contribution in [3.63, 3.8) is 0 Å². The van der Waals surface area contributed by atoms with E-state index in [1.54, 1.807) is 0 Å². The predicted molar refractivity (Wildman–Crippen MR) is 63.9 cm³/mol. The van der Waals surface area contributed by atoms with Gasteiger partial charge in [0.15, 0.2) is 11.5 Å². The second kappa shape index (κ2) is 5.69. The number of amides is 1. The zero-order valence-corrected chi connectivity index (χ0v) is 10.8. The molecule has 0 spiro atoms. The van der Waals surface area contributed by atoms with Crippen molar-refractivity contribution in [2.75, 3.05) is 20.8 Å². The third-order valence-corrected chi connectivity index (χ3v) is 3.50. The Morgan fingerprint density at radius 2 is 1.89 bits per heavy atom. The van der Waals surface area contributed by atoms with E-state index in [0.717, 1.165) is 0 Å². The Morgan fingerprint density at radius 3 is 2.39 bits per heavy atom. The van der Waals surface area contributed by atoms with Crippen molar-refractivity contribution >= 4 is 15.9 Å². The summed E-state index contributed by atoms with van der Waals surface area (Å²) in [5.41, 5.74) is 4.87. The summed E-state index contributed by atoms with van der Waals surface area (Å²) in [5.74, 6) is -0.0788. The lowest BCUT2D eigenvalue weighted by Gasteiger charge is -2.10. The minimum Gasteiger partial charge on any atom is -0.493 e. The fourth-order valence-corrected chi connectivity index (χ4v) is 2.24. The summed E-state index contributed by atoms with van der Waals surface area (Å²) in [7, 11) is -0.964. The Hall–Kier alpha value is -1.80. The van der Waals surface area contributed by atoms with Crippen molar-refractivity contribution in [1.82, 2.24) is 4.72 Å². The van der Waals surface area contributed by atoms with Gasteiger partial charge < -0.3 is 15.2 Å². The van der Waals surface area contributed by atoms with Crippen LogP contribution in [0.3, 0.4) is 0 Å². The highest BCUT2D eigenvalue weighted by atomic mass is 32.2. The van der Waals surface area contributed by atoms with E-state index in [0.29, 0.717) is 5.75 Å². The van der Waals surface area contributed by atoms with E-state index in [1.165, 1.54) is 32.4 Å². The number of rotatable bonds is 6. The smallest absolute Gasteiger partial charge is 0.241 e. The van der Waals surface area contributed by atoms with Gasteiger partial charge >= 0.3 is 0 Å². The molecule has 100 valence electrons. The van der Waals surface area contributed by atoms with Crippen LogP contribution in [0.15, 0.2) is 23.1 Å². The molecule has 8 heteroatoms. The average molecular weight is 274 g/mol. The molecule has 0 aliphatic rings. The summed E-state index contributed by atoms with van der Waals surface area (Å²) in [4.78, 5) is 10.5. The van der Waals surface area contributed by atoms with Gasteiger partial charge in [0.05, 0.1) is 25.7 Å². The molecule has 7 nitrogen and oxygen atoms in total. The van der Waals surface area contributed by atoms with Crippen LogP contribution in [0.4, 0.5) is 0 Å². The topological polar surface area (TPSA) is 108 Å². The van der Waals surface area contributed by atoms with Gasteiger partial charge in [-0.15, -0.1) is 0 Å². The number of nitrogens with two attached hydrogens (primary N) is 1. The summed E-state index contributed by atoms with van der Waals surface area (Å²) in [6.07, 6.45) is 0. The molecule has 0 radical (unpaired) electrons. The Labute approximate surface area is 105 Å². The number of nitrogens with one attached hydrogen (secondary N) is 1. The van der Waals surface area contributed by atoms with Gasteiger partial charge in [-0.25, -0.2) is 13.1 Å². The number of methoxy groups -OCH3 is 2. The van der Waals surface area contributed by atoms with Crippen molar-refractivity contribution in [3.05, 3.63) is 18.2 Å². The molecule has 1 rings (SSSR count). The van der Waals surface area contributed by atoms with Crippen molar-refractivity contribution < 1.29 is 22.7 Å². The number of carbonyl (C=O) groups excluding carboxylic acids is 1. The van der Waals surface area contributed by atoms with E-state index >= 15 is 0 Å². The van der Waals surface area contributed by atoms with Crippen LogP contribution in [-0.4, -0.2) is 35.1 Å². The molecule has 0 atom stereocenters. The first-order valence-electron chi connectivity index (χ1n) is 4.90. The SMILES string of the molecule is COc1ccc(S(=O)(=O)NCC(N)=O)cc1OC. The molecular formula is C10H14N2O5S. The lowest BCUT2D eigenvalue weighted by Crippen LogP contribution is -2.33. The zero-order valence-electron chi connectivity index (χ0n) is 9.97. The third kappa shape index (κ3) is 3.34. The van der Waals surface area contributed by atoms with Crippen LogP contribution in [-0.2, 0) is 14.8 Å². The van der Waals surface area contributed by atoms with E-state index in [9.17, 15) is 13.2 Å². The lowest BCUT2D eigenvalue weighted by atomic mass is 10.3. The normalized spacial score (nSPS) is 11.0. The molecule has 0 heterocycles. The molecule has 0 aromatic heterocycles. The number of carbonyl (C=O) groups is 1. The number of primary amides is 1. The van der Waals surface area contributed by atoms with Crippen molar-refractivity contribution in [1.29, 1.82) is 0 Å². The Balaban J connectivity index is 3.06. The predicted octanol–water partition coefficient (Wildman–Crippen LogP) is -0.533. The molecule has 0 aliphatic heterocycles. The number of ether oxygens (including phenoxy) is 2. The van der Waals surface area contributed by atoms with Crippen molar-refractivity contribution in [2.45, 2.75) is 4.90 Å². The Bertz CT molecular complexity index is 541. The molecule has 1 amide bonds. The van der Waals surface area contributed by atoms with E-state index in [1.807, 2.05) is 0 Å². The second-order valence-electron chi connectivity index (χ2n) is 3.31. The maximum Gasteiger partial charge on any atom is 0.241 e. The van der Waals surface area contributed by atoms with Gasteiger partial charge in [-0.05, 0) is 12.1 Å². The molecule has 0 saturated carbocycles. The summed E-state index contributed by atoms with van der Waals surface area (Å²) >= 11 is 0. The summed E-state index contributed by atoms with van der Waals surface area (Å²) in [5, 5.41) is 0. The van der Waals surface area contributed by atoms with Crippen LogP contribution >= 0.6 is 0 Å². The first-order chi connectivity index (χ1) is 8.40. The molecule has 0 aliphatic carbocycles. The fourth-order valence-electron chi connectivity index (χ4n) is 1.23. The highest BCUT2D eigenvalue weighted by molar-refractivity contribution is 7.89. The van der Waals surface area contributed by atoms with Gasteiger partial charge in [0.1, 0.15) is 0 Å². The van der Waals surface area contributed by atoms with Crippen molar-refractivity contribution in [3.8, 4) is 11.5 Å². The van der Waals surface area contributed by atoms with Gasteiger partial charge in [0.25, 0.3) is 0 Å². The molecule has 0 unspecified atom stereocenters. The minimum absolute atomic E-state index is 0.0404. The molecule has 0 saturated heterocycles. The zero-order chi connectivity index (χ0) is 13.8. The molecule has 1 aromatic rings. The molecule has 3 N–H and O–H groups in total. The average Bonchev–Trinajstić information content (AvgIpc) is 2.35. The minimum atomic E-state index is -3.80. The number of hydrogen-bond acceptors (Lipinski definition) is 5. The maximum atomic E-state index is 11.8. The van der Waals surface area contributed by atoms with Crippen LogP contribution in [0.5, 0.6) is 11.5 Å². The standard InChI is InChI=1S/C10H14N2O5S/c1-16-8-4-3-7(5-9(8)17-2)18(14,15)12-6-10(11)13/h3-5,12H,6H2,1-2H3,(H2,11,13). The highest BCUT2D eigenvalue weighted by Gasteiger charge is 2.17. The van der Waals surface area contributed by atoms with E-state index < -0.39 is 22.5 Å². The van der Waals surface area contributed by atoms with Gasteiger partial charge in [-0.2, -0.15) is 0 Å². The number of benzene rings is 1. The van der Waals surface area contributed by atoms with Crippen LogP contribution in [0.25, 0.3) is 0 Å². The number of sulfonamides is 1. The summed E-state index contributed by atoms with van der Waals surface area (Å²) in [6.45, 7) is -0.462. The fraction of sp³-hybridized carbons (Fsp3) is 0.300. The quantitative estimate of drug-likeness (QED) is 0.725. The van der Waals surface area contributed by atoms with E-state index in [4.69, 9.17) is 15.2 Å². The monoisotopic (exact) mass is 274 g/mol. The largest absolute Gasteiger partial charge is 0.493 e. The maximum absolute atomic E-state index is 11.8. The van der Waals surface area contributed by atoms with Crippen LogP contribution in [0.2, 0.25) is 0 Å². The van der Waals surface area contributed by atoms with Crippen molar-refractivity contribution in [2.24, 2.45) is 5.73 Å². The Kier molecular flexibility index (Phi) is 4.51. The number of hydrogen-bond donors (Lipinski definition) is 2. The van der Waals surface area contributed by atoms with Gasteiger partial charge in [0, 0.05) is 6.07 Å². The van der Waals surface area contributed by atoms with Gasteiger partial charge in [0.2, 0.25) is 15.9 Å². The van der Waals surface area contributed by atoms with E-state index in [-0.39, 0.29) is 10.6 Å². The van der Waals surface area contributed by atoms with Gasteiger partial charge in [-0.1, -0.05) is 0 Å². The molecule has 0 fully saturated rings. The van der Waals surface area contributed by atoms with Crippen LogP contribution in [0, 0.1) is 0 Å². The molecular weight excluding hydrogens is 260 g/mol. The molecule has 0 bridgehead atoms. The summed E-state index contributed by atoms with van der Waals surface area (Å²) in [6, 6.07) is 4.09. The summed E-state index contributed by atoms with van der Waals surface area (Å²) < 4.78 is 35.6. The molecule has 18 heavy (non-hydrogen) atoms. The lowest BCUT2D eigenvalue weighted by molar-refractivity contribution is -0.116. The van der Waals surface area contributed by atoms with E-state index in [2.05, 4.69) is 4.72 Å². The second-order valence-corrected chi connectivity index (χ2v) is 5.07. The highest BCUT2D eigenvalue weighted by Crippen LogP contribution is 2.29. The Morgan fingerprint density at radius 1 is 1.28 bits per heavy atom. The first kappa shape index (κ1) is 14.3.